The third-order valence-electron chi connectivity index (χ3n) is 2.91. The molecule has 0 bridgehead atoms. The van der Waals surface area contributed by atoms with Crippen LogP contribution in [0.4, 0.5) is 19.1 Å². The zero-order chi connectivity index (χ0) is 15.5. The molecule has 0 aromatic carbocycles. The number of carbonyl (C=O) groups is 1. The molecule has 1 aromatic heterocycles. The Balaban J connectivity index is 3.07. The van der Waals surface area contributed by atoms with Crippen molar-refractivity contribution in [3.63, 3.8) is 0 Å². The first-order valence-corrected chi connectivity index (χ1v) is 6.07. The maximum absolute atomic E-state index is 12.6. The molecule has 0 spiro atoms. The van der Waals surface area contributed by atoms with E-state index in [2.05, 4.69) is 15.3 Å². The molecule has 0 saturated heterocycles. The number of aromatic nitrogens is 2. The Labute approximate surface area is 114 Å². The van der Waals surface area contributed by atoms with Gasteiger partial charge >= 0.3 is 12.1 Å². The first kappa shape index (κ1) is 16.2. The van der Waals surface area contributed by atoms with Crippen molar-refractivity contribution in [1.82, 2.24) is 9.97 Å². The van der Waals surface area contributed by atoms with Gasteiger partial charge in [-0.1, -0.05) is 20.3 Å². The lowest BCUT2D eigenvalue weighted by Gasteiger charge is -2.20. The highest BCUT2D eigenvalue weighted by atomic mass is 19.4. The maximum atomic E-state index is 12.6. The number of rotatable bonds is 5. The summed E-state index contributed by atoms with van der Waals surface area (Å²) in [7, 11) is 0. The Morgan fingerprint density at radius 1 is 1.45 bits per heavy atom. The summed E-state index contributed by atoms with van der Waals surface area (Å²) >= 11 is 0. The van der Waals surface area contributed by atoms with Crippen molar-refractivity contribution in [3.8, 4) is 0 Å². The first-order valence-electron chi connectivity index (χ1n) is 6.07. The standard InChI is InChI=1S/C12H16F3N3O2/c1-4-6(2)9(10(19)20)18-11-16-7(3)5-8(17-11)12(13,14)15/h5-6,9H,4H2,1-3H3,(H,19,20)(H,16,17,18)/t6-,9-/m0/s1. The van der Waals surface area contributed by atoms with Gasteiger partial charge in [0.25, 0.3) is 0 Å². The fourth-order valence-corrected chi connectivity index (χ4v) is 1.60. The lowest BCUT2D eigenvalue weighted by molar-refractivity contribution is -0.141. The van der Waals surface area contributed by atoms with Crippen LogP contribution in [0.3, 0.4) is 0 Å². The van der Waals surface area contributed by atoms with E-state index >= 15 is 0 Å². The number of carboxylic acids is 1. The number of anilines is 1. The van der Waals surface area contributed by atoms with Gasteiger partial charge < -0.3 is 10.4 Å². The number of hydrogen-bond donors (Lipinski definition) is 2. The van der Waals surface area contributed by atoms with E-state index in [4.69, 9.17) is 5.11 Å². The molecule has 8 heteroatoms. The quantitative estimate of drug-likeness (QED) is 0.872. The Hall–Kier alpha value is -1.86. The van der Waals surface area contributed by atoms with Gasteiger partial charge in [-0.15, -0.1) is 0 Å². The van der Waals surface area contributed by atoms with Gasteiger partial charge in [0.05, 0.1) is 0 Å². The minimum atomic E-state index is -4.60. The minimum Gasteiger partial charge on any atom is -0.480 e. The van der Waals surface area contributed by atoms with E-state index < -0.39 is 23.9 Å². The van der Waals surface area contributed by atoms with Crippen LogP contribution in [0.1, 0.15) is 31.7 Å². The zero-order valence-corrected chi connectivity index (χ0v) is 11.3. The average molecular weight is 291 g/mol. The van der Waals surface area contributed by atoms with Crippen molar-refractivity contribution in [3.05, 3.63) is 17.5 Å². The molecule has 0 saturated carbocycles. The van der Waals surface area contributed by atoms with Gasteiger partial charge in [-0.25, -0.2) is 14.8 Å². The number of halogens is 3. The number of nitrogens with zero attached hydrogens (tertiary/aromatic N) is 2. The van der Waals surface area contributed by atoms with Gasteiger partial charge in [0.1, 0.15) is 11.7 Å². The van der Waals surface area contributed by atoms with Gasteiger partial charge in [-0.3, -0.25) is 0 Å². The Morgan fingerprint density at radius 2 is 2.05 bits per heavy atom. The lowest BCUT2D eigenvalue weighted by Crippen LogP contribution is -2.36. The molecule has 0 fully saturated rings. The molecular weight excluding hydrogens is 275 g/mol. The van der Waals surface area contributed by atoms with E-state index in [-0.39, 0.29) is 17.6 Å². The molecule has 1 rings (SSSR count). The Morgan fingerprint density at radius 3 is 2.50 bits per heavy atom. The van der Waals surface area contributed by atoms with Gasteiger partial charge in [-0.2, -0.15) is 13.2 Å². The summed E-state index contributed by atoms with van der Waals surface area (Å²) in [6, 6.07) is -0.229. The molecule has 5 nitrogen and oxygen atoms in total. The third-order valence-corrected chi connectivity index (χ3v) is 2.91. The number of aliphatic carboxylic acids is 1. The molecule has 0 amide bonds. The summed E-state index contributed by atoms with van der Waals surface area (Å²) in [5.41, 5.74) is -0.982. The minimum absolute atomic E-state index is 0.114. The van der Waals surface area contributed by atoms with Gasteiger partial charge in [0.2, 0.25) is 5.95 Å². The van der Waals surface area contributed by atoms with E-state index in [1.54, 1.807) is 13.8 Å². The summed E-state index contributed by atoms with van der Waals surface area (Å²) in [6.45, 7) is 4.87. The number of nitrogens with one attached hydrogen (secondary N) is 1. The van der Waals surface area contributed by atoms with E-state index in [1.807, 2.05) is 0 Å². The van der Waals surface area contributed by atoms with Crippen molar-refractivity contribution in [2.75, 3.05) is 5.32 Å². The SMILES string of the molecule is CC[C@H](C)[C@H](Nc1nc(C)cc(C(F)(F)F)n1)C(=O)O. The van der Waals surface area contributed by atoms with Crippen LogP contribution in [0.25, 0.3) is 0 Å². The van der Waals surface area contributed by atoms with Crippen molar-refractivity contribution in [2.45, 2.75) is 39.4 Å². The molecule has 1 heterocycles. The van der Waals surface area contributed by atoms with E-state index in [0.717, 1.165) is 6.07 Å². The molecule has 0 unspecified atom stereocenters. The second kappa shape index (κ2) is 6.06. The molecule has 0 aliphatic heterocycles. The number of hydrogen-bond acceptors (Lipinski definition) is 4. The summed E-state index contributed by atoms with van der Waals surface area (Å²) in [4.78, 5) is 18.3. The molecule has 2 atom stereocenters. The molecule has 1 aromatic rings. The van der Waals surface area contributed by atoms with Crippen LogP contribution >= 0.6 is 0 Å². The fourth-order valence-electron chi connectivity index (χ4n) is 1.60. The summed E-state index contributed by atoms with van der Waals surface area (Å²) in [5, 5.41) is 11.6. The largest absolute Gasteiger partial charge is 0.480 e. The lowest BCUT2D eigenvalue weighted by atomic mass is 9.99. The van der Waals surface area contributed by atoms with Gasteiger partial charge in [0.15, 0.2) is 0 Å². The van der Waals surface area contributed by atoms with E-state index in [0.29, 0.717) is 6.42 Å². The predicted molar refractivity (Wildman–Crippen MR) is 66.3 cm³/mol. The van der Waals surface area contributed by atoms with E-state index in [9.17, 15) is 18.0 Å². The van der Waals surface area contributed by atoms with Crippen LogP contribution in [-0.4, -0.2) is 27.1 Å². The second-order valence-corrected chi connectivity index (χ2v) is 4.56. The molecular formula is C12H16F3N3O2. The van der Waals surface area contributed by atoms with Crippen molar-refractivity contribution in [1.29, 1.82) is 0 Å². The normalized spacial score (nSPS) is 14.7. The highest BCUT2D eigenvalue weighted by Gasteiger charge is 2.34. The number of aryl methyl sites for hydroxylation is 1. The van der Waals surface area contributed by atoms with Gasteiger partial charge in [0, 0.05) is 5.69 Å². The summed E-state index contributed by atoms with van der Waals surface area (Å²) in [6.07, 6.45) is -4.04. The highest BCUT2D eigenvalue weighted by molar-refractivity contribution is 5.76. The molecule has 0 aliphatic carbocycles. The molecule has 2 N–H and O–H groups in total. The fraction of sp³-hybridized carbons (Fsp3) is 0.583. The van der Waals surface area contributed by atoms with Crippen molar-refractivity contribution in [2.24, 2.45) is 5.92 Å². The van der Waals surface area contributed by atoms with Crippen LogP contribution in [-0.2, 0) is 11.0 Å². The topological polar surface area (TPSA) is 75.1 Å². The molecule has 0 radical (unpaired) electrons. The summed E-state index contributed by atoms with van der Waals surface area (Å²) < 4.78 is 37.9. The van der Waals surface area contributed by atoms with Gasteiger partial charge in [-0.05, 0) is 18.9 Å². The maximum Gasteiger partial charge on any atom is 0.433 e. The zero-order valence-electron chi connectivity index (χ0n) is 11.3. The molecule has 112 valence electrons. The van der Waals surface area contributed by atoms with Crippen molar-refractivity contribution < 1.29 is 23.1 Å². The van der Waals surface area contributed by atoms with Crippen LogP contribution in [0, 0.1) is 12.8 Å². The first-order chi connectivity index (χ1) is 9.15. The van der Waals surface area contributed by atoms with Crippen LogP contribution < -0.4 is 5.32 Å². The number of alkyl halides is 3. The number of carboxylic acid groups (broad SMARTS) is 1. The average Bonchev–Trinajstić information content (AvgIpc) is 2.33. The Bertz CT molecular complexity index is 491. The van der Waals surface area contributed by atoms with Crippen LogP contribution in [0.5, 0.6) is 0 Å². The van der Waals surface area contributed by atoms with Crippen LogP contribution in [0.15, 0.2) is 6.07 Å². The second-order valence-electron chi connectivity index (χ2n) is 4.56. The third kappa shape index (κ3) is 4.07. The highest BCUT2D eigenvalue weighted by Crippen LogP contribution is 2.28. The predicted octanol–water partition coefficient (Wildman–Crippen LogP) is 2.72. The molecule has 0 aliphatic rings. The van der Waals surface area contributed by atoms with Crippen LogP contribution in [0.2, 0.25) is 0 Å². The van der Waals surface area contributed by atoms with E-state index in [1.165, 1.54) is 6.92 Å². The molecule has 20 heavy (non-hydrogen) atoms. The smallest absolute Gasteiger partial charge is 0.433 e. The van der Waals surface area contributed by atoms with Crippen molar-refractivity contribution >= 4 is 11.9 Å². The monoisotopic (exact) mass is 291 g/mol. The summed E-state index contributed by atoms with van der Waals surface area (Å²) in [5.74, 6) is -1.76. The Kier molecular flexibility index (Phi) is 4.91.